The van der Waals surface area contributed by atoms with Gasteiger partial charge in [0, 0.05) is 5.69 Å². The maximum atomic E-state index is 12.9. The van der Waals surface area contributed by atoms with E-state index in [9.17, 15) is 9.59 Å². The lowest BCUT2D eigenvalue weighted by molar-refractivity contribution is -0.132. The van der Waals surface area contributed by atoms with Crippen LogP contribution < -0.4 is 20.8 Å². The van der Waals surface area contributed by atoms with Crippen molar-refractivity contribution in [2.75, 3.05) is 12.4 Å². The van der Waals surface area contributed by atoms with Crippen LogP contribution in [0.5, 0.6) is 5.75 Å². The highest BCUT2D eigenvalue weighted by Crippen LogP contribution is 2.29. The molecule has 3 rings (SSSR count). The first-order valence-corrected chi connectivity index (χ1v) is 9.26. The van der Waals surface area contributed by atoms with Crippen LogP contribution in [0, 0.1) is 0 Å². The van der Waals surface area contributed by atoms with Gasteiger partial charge in [-0.2, -0.15) is 5.01 Å². The van der Waals surface area contributed by atoms with Gasteiger partial charge in [0.1, 0.15) is 11.3 Å². The lowest BCUT2D eigenvalue weighted by Crippen LogP contribution is -2.49. The fourth-order valence-corrected chi connectivity index (χ4v) is 3.15. The predicted molar refractivity (Wildman–Crippen MR) is 111 cm³/mol. The molecule has 1 heterocycles. The molecule has 3 N–H and O–H groups in total. The zero-order chi connectivity index (χ0) is 20.3. The molecule has 2 aromatic rings. The van der Waals surface area contributed by atoms with E-state index in [1.807, 2.05) is 24.3 Å². The summed E-state index contributed by atoms with van der Waals surface area (Å²) in [4.78, 5) is 25.3. The summed E-state index contributed by atoms with van der Waals surface area (Å²) in [6.07, 6.45) is 0.940. The molecule has 2 aromatic carbocycles. The molecule has 1 atom stereocenters. The van der Waals surface area contributed by atoms with Gasteiger partial charge in [-0.15, -0.1) is 0 Å². The number of aryl methyl sites for hydroxylation is 1. The van der Waals surface area contributed by atoms with E-state index in [2.05, 4.69) is 23.0 Å². The molecule has 7 nitrogen and oxygen atoms in total. The number of carbonyl (C=O) groups is 2. The number of hydrogen-bond donors (Lipinski definition) is 3. The second-order valence-electron chi connectivity index (χ2n) is 6.54. The lowest BCUT2D eigenvalue weighted by atomic mass is 9.92. The molecule has 0 saturated carbocycles. The number of nitrogens with one attached hydrogen (secondary N) is 3. The summed E-state index contributed by atoms with van der Waals surface area (Å²) < 4.78 is 5.14. The monoisotopic (exact) mass is 398 g/mol. The van der Waals surface area contributed by atoms with Crippen molar-refractivity contribution >= 4 is 35.0 Å². The highest BCUT2D eigenvalue weighted by molar-refractivity contribution is 7.80. The number of amides is 3. The van der Waals surface area contributed by atoms with E-state index in [1.165, 1.54) is 5.56 Å². The van der Waals surface area contributed by atoms with Crippen molar-refractivity contribution in [3.05, 3.63) is 59.7 Å². The Morgan fingerprint density at radius 1 is 1.14 bits per heavy atom. The zero-order valence-electron chi connectivity index (χ0n) is 15.9. The third-order valence-corrected chi connectivity index (χ3v) is 4.88. The van der Waals surface area contributed by atoms with Gasteiger partial charge in [-0.1, -0.05) is 31.2 Å². The van der Waals surface area contributed by atoms with Crippen molar-refractivity contribution in [3.8, 4) is 5.75 Å². The first-order chi connectivity index (χ1) is 13.4. The minimum absolute atomic E-state index is 0.145. The van der Waals surface area contributed by atoms with E-state index in [0.29, 0.717) is 11.3 Å². The van der Waals surface area contributed by atoms with Crippen molar-refractivity contribution in [2.45, 2.75) is 25.8 Å². The van der Waals surface area contributed by atoms with E-state index in [4.69, 9.17) is 17.0 Å². The molecule has 0 unspecified atom stereocenters. The smallest absolute Gasteiger partial charge is 0.344 e. The van der Waals surface area contributed by atoms with Gasteiger partial charge in [0.05, 0.1) is 7.11 Å². The third kappa shape index (κ3) is 3.77. The van der Waals surface area contributed by atoms with Gasteiger partial charge in [0.15, 0.2) is 5.11 Å². The molecule has 28 heavy (non-hydrogen) atoms. The second kappa shape index (κ2) is 7.85. The fraction of sp³-hybridized carbons (Fsp3) is 0.250. The minimum atomic E-state index is -1.20. The van der Waals surface area contributed by atoms with Crippen molar-refractivity contribution < 1.29 is 14.3 Å². The maximum Gasteiger partial charge on any atom is 0.344 e. The number of benzene rings is 2. The Balaban J connectivity index is 1.70. The Morgan fingerprint density at radius 2 is 1.79 bits per heavy atom. The van der Waals surface area contributed by atoms with Gasteiger partial charge in [-0.25, -0.2) is 4.79 Å². The molecule has 1 aliphatic heterocycles. The van der Waals surface area contributed by atoms with Crippen molar-refractivity contribution in [1.82, 2.24) is 15.8 Å². The number of rotatable bonds is 5. The molecule has 8 heteroatoms. The number of ether oxygens (including phenoxy) is 1. The van der Waals surface area contributed by atoms with E-state index in [-0.39, 0.29) is 5.11 Å². The molecule has 146 valence electrons. The number of carbonyl (C=O) groups excluding carboxylic acids is 2. The van der Waals surface area contributed by atoms with Crippen molar-refractivity contribution in [3.63, 3.8) is 0 Å². The summed E-state index contributed by atoms with van der Waals surface area (Å²) in [5.74, 6) is 0.215. The molecular formula is C20H22N4O3S. The van der Waals surface area contributed by atoms with Crippen LogP contribution in [0.4, 0.5) is 10.5 Å². The van der Waals surface area contributed by atoms with E-state index < -0.39 is 17.5 Å². The average Bonchev–Trinajstić information content (AvgIpc) is 2.92. The Labute approximate surface area is 169 Å². The van der Waals surface area contributed by atoms with E-state index in [1.54, 1.807) is 38.3 Å². The number of thiocarbonyl (C=S) groups is 1. The number of urea groups is 1. The normalized spacial score (nSPS) is 18.6. The quantitative estimate of drug-likeness (QED) is 0.531. The number of imide groups is 1. The summed E-state index contributed by atoms with van der Waals surface area (Å²) in [6.45, 7) is 3.72. The molecule has 0 radical (unpaired) electrons. The molecule has 3 amide bonds. The van der Waals surface area contributed by atoms with Crippen LogP contribution in [0.2, 0.25) is 0 Å². The van der Waals surface area contributed by atoms with E-state index >= 15 is 0 Å². The van der Waals surface area contributed by atoms with Gasteiger partial charge in [-0.05, 0) is 61.0 Å². The van der Waals surface area contributed by atoms with Gasteiger partial charge < -0.3 is 15.4 Å². The summed E-state index contributed by atoms with van der Waals surface area (Å²) in [6, 6.07) is 14.1. The number of hydrazine groups is 1. The zero-order valence-corrected chi connectivity index (χ0v) is 16.7. The Bertz CT molecular complexity index is 899. The van der Waals surface area contributed by atoms with Crippen LogP contribution in [0.15, 0.2) is 48.5 Å². The third-order valence-electron chi connectivity index (χ3n) is 4.69. The van der Waals surface area contributed by atoms with Crippen LogP contribution >= 0.6 is 12.2 Å². The maximum absolute atomic E-state index is 12.9. The summed E-state index contributed by atoms with van der Waals surface area (Å²) >= 11 is 5.25. The van der Waals surface area contributed by atoms with Gasteiger partial charge in [0.25, 0.3) is 5.91 Å². The summed E-state index contributed by atoms with van der Waals surface area (Å²) in [5.41, 5.74) is 4.08. The predicted octanol–water partition coefficient (Wildman–Crippen LogP) is 2.93. The van der Waals surface area contributed by atoms with Crippen molar-refractivity contribution in [2.24, 2.45) is 0 Å². The van der Waals surface area contributed by atoms with E-state index in [0.717, 1.165) is 17.1 Å². The Morgan fingerprint density at radius 3 is 2.36 bits per heavy atom. The Hall–Kier alpha value is -3.13. The average molecular weight is 398 g/mol. The topological polar surface area (TPSA) is 82.7 Å². The molecule has 0 aliphatic carbocycles. The van der Waals surface area contributed by atoms with Crippen molar-refractivity contribution in [1.29, 1.82) is 0 Å². The molecule has 0 spiro atoms. The number of anilines is 1. The van der Waals surface area contributed by atoms with Crippen LogP contribution in [0.25, 0.3) is 0 Å². The summed E-state index contributed by atoms with van der Waals surface area (Å²) in [7, 11) is 1.56. The summed E-state index contributed by atoms with van der Waals surface area (Å²) in [5, 5.41) is 6.72. The van der Waals surface area contributed by atoms with Gasteiger partial charge in [-0.3, -0.25) is 10.2 Å². The van der Waals surface area contributed by atoms with Crippen LogP contribution in [-0.2, 0) is 16.8 Å². The lowest BCUT2D eigenvalue weighted by Gasteiger charge is -2.23. The number of methoxy groups -OCH3 is 1. The minimum Gasteiger partial charge on any atom is -0.497 e. The standard InChI is InChI=1S/C20H22N4O3S/c1-4-13-5-9-15(10-6-13)21-18(28)23-24-17(25)20(2,22-19(24)26)14-7-11-16(27-3)12-8-14/h5-12H,4H2,1-3H3,(H,22,26)(H2,21,23,28)/t20-/m1/s1. The molecular weight excluding hydrogens is 376 g/mol. The first kappa shape index (κ1) is 19.6. The molecule has 0 bridgehead atoms. The highest BCUT2D eigenvalue weighted by atomic mass is 32.1. The molecule has 1 saturated heterocycles. The van der Waals surface area contributed by atoms with Crippen LogP contribution in [0.1, 0.15) is 25.0 Å². The second-order valence-corrected chi connectivity index (χ2v) is 6.95. The molecule has 1 fully saturated rings. The molecule has 0 aromatic heterocycles. The molecule has 1 aliphatic rings. The highest BCUT2D eigenvalue weighted by Gasteiger charge is 2.49. The van der Waals surface area contributed by atoms with Gasteiger partial charge in [0.2, 0.25) is 0 Å². The SMILES string of the molecule is CCc1ccc(NC(=S)NN2C(=O)N[C@](C)(c3ccc(OC)cc3)C2=O)cc1. The van der Waals surface area contributed by atoms with Crippen LogP contribution in [0.3, 0.4) is 0 Å². The first-order valence-electron chi connectivity index (χ1n) is 8.85. The Kier molecular flexibility index (Phi) is 5.51. The van der Waals surface area contributed by atoms with Gasteiger partial charge >= 0.3 is 6.03 Å². The number of nitrogens with zero attached hydrogens (tertiary/aromatic N) is 1. The number of hydrogen-bond acceptors (Lipinski definition) is 4. The van der Waals surface area contributed by atoms with Crippen LogP contribution in [-0.4, -0.2) is 29.2 Å². The fourth-order valence-electron chi connectivity index (χ4n) is 2.94. The largest absolute Gasteiger partial charge is 0.497 e.